The zero-order valence-electron chi connectivity index (χ0n) is 18.1. The summed E-state index contributed by atoms with van der Waals surface area (Å²) >= 11 is 0. The molecule has 0 radical (unpaired) electrons. The molecule has 162 valence electrons. The van der Waals surface area contributed by atoms with E-state index in [1.807, 2.05) is 78.9 Å². The number of nitrogens with zero attached hydrogens (tertiary/aromatic N) is 2. The molecule has 4 rings (SSSR count). The van der Waals surface area contributed by atoms with Gasteiger partial charge >= 0.3 is 7.60 Å². The summed E-state index contributed by atoms with van der Waals surface area (Å²) < 4.78 is 24.0. The highest BCUT2D eigenvalue weighted by atomic mass is 31.2. The zero-order valence-corrected chi connectivity index (χ0v) is 19.0. The Morgan fingerprint density at radius 3 is 1.97 bits per heavy atom. The Labute approximate surface area is 188 Å². The van der Waals surface area contributed by atoms with Gasteiger partial charge in [0.15, 0.2) is 0 Å². The van der Waals surface area contributed by atoms with Crippen LogP contribution in [0.2, 0.25) is 0 Å². The molecule has 0 fully saturated rings. The van der Waals surface area contributed by atoms with Crippen molar-refractivity contribution in [2.45, 2.75) is 13.8 Å². The average molecular weight is 444 g/mol. The van der Waals surface area contributed by atoms with Crippen molar-refractivity contribution in [3.8, 4) is 33.8 Å². The molecule has 6 heteroatoms. The minimum Gasteiger partial charge on any atom is -0.305 e. The SMILES string of the molecule is CCOP(=O)(OCC)c1ccc(-c2cc(-c3ccccc3)nc(-c3ccccn3)c2)cc1. The number of benzene rings is 2. The lowest BCUT2D eigenvalue weighted by atomic mass is 10.0. The molecular weight excluding hydrogens is 419 g/mol. The van der Waals surface area contributed by atoms with Crippen molar-refractivity contribution >= 4 is 12.9 Å². The first-order valence-electron chi connectivity index (χ1n) is 10.6. The van der Waals surface area contributed by atoms with Crippen LogP contribution in [0.4, 0.5) is 0 Å². The van der Waals surface area contributed by atoms with Crippen LogP contribution in [0.15, 0.2) is 91.1 Å². The van der Waals surface area contributed by atoms with Crippen LogP contribution in [0.5, 0.6) is 0 Å². The van der Waals surface area contributed by atoms with Gasteiger partial charge in [0.05, 0.1) is 35.6 Å². The summed E-state index contributed by atoms with van der Waals surface area (Å²) in [7, 11) is -3.32. The third kappa shape index (κ3) is 4.86. The van der Waals surface area contributed by atoms with Gasteiger partial charge in [0, 0.05) is 11.8 Å². The molecule has 0 saturated heterocycles. The maximum absolute atomic E-state index is 13.1. The van der Waals surface area contributed by atoms with E-state index >= 15 is 0 Å². The third-order valence-corrected chi connectivity index (χ3v) is 7.06. The Morgan fingerprint density at radius 1 is 0.688 bits per heavy atom. The lowest BCUT2D eigenvalue weighted by molar-refractivity contribution is 0.230. The first kappa shape index (κ1) is 22.1. The number of hydrogen-bond acceptors (Lipinski definition) is 5. The minimum atomic E-state index is -3.32. The van der Waals surface area contributed by atoms with E-state index in [0.717, 1.165) is 33.8 Å². The van der Waals surface area contributed by atoms with Gasteiger partial charge < -0.3 is 9.05 Å². The zero-order chi connectivity index (χ0) is 22.4. The number of hydrogen-bond donors (Lipinski definition) is 0. The van der Waals surface area contributed by atoms with Crippen LogP contribution >= 0.6 is 7.60 Å². The van der Waals surface area contributed by atoms with Crippen molar-refractivity contribution in [2.75, 3.05) is 13.2 Å². The van der Waals surface area contributed by atoms with E-state index in [1.54, 1.807) is 20.0 Å². The van der Waals surface area contributed by atoms with E-state index in [1.165, 1.54) is 0 Å². The van der Waals surface area contributed by atoms with E-state index in [9.17, 15) is 4.57 Å². The Morgan fingerprint density at radius 2 is 1.34 bits per heavy atom. The molecule has 0 aliphatic rings. The third-order valence-electron chi connectivity index (χ3n) is 4.94. The number of aromatic nitrogens is 2. The molecule has 0 spiro atoms. The Hall–Kier alpha value is -3.11. The number of pyridine rings is 2. The molecule has 2 aromatic heterocycles. The van der Waals surface area contributed by atoms with Gasteiger partial charge in [-0.1, -0.05) is 48.5 Å². The standard InChI is InChI=1S/C26H25N2O3P/c1-3-30-32(29,31-4-2)23-15-13-20(14-16-23)22-18-25(21-10-6-5-7-11-21)28-26(19-22)24-12-8-9-17-27-24/h5-19H,3-4H2,1-2H3. The Bertz CT molecular complexity index is 1150. The van der Waals surface area contributed by atoms with E-state index in [-0.39, 0.29) is 0 Å². The van der Waals surface area contributed by atoms with Gasteiger partial charge in [0.25, 0.3) is 0 Å². The Balaban J connectivity index is 1.78. The van der Waals surface area contributed by atoms with Gasteiger partial charge in [-0.05, 0) is 61.4 Å². The molecule has 0 unspecified atom stereocenters. The average Bonchev–Trinajstić information content (AvgIpc) is 2.85. The monoisotopic (exact) mass is 444 g/mol. The van der Waals surface area contributed by atoms with E-state index in [4.69, 9.17) is 14.0 Å². The van der Waals surface area contributed by atoms with Crippen molar-refractivity contribution in [3.63, 3.8) is 0 Å². The lowest BCUT2D eigenvalue weighted by Crippen LogP contribution is -2.10. The van der Waals surface area contributed by atoms with Crippen LogP contribution in [0.3, 0.4) is 0 Å². The smallest absolute Gasteiger partial charge is 0.305 e. The minimum absolute atomic E-state index is 0.317. The molecule has 2 heterocycles. The van der Waals surface area contributed by atoms with Crippen molar-refractivity contribution in [2.24, 2.45) is 0 Å². The van der Waals surface area contributed by atoms with Gasteiger partial charge in [-0.3, -0.25) is 9.55 Å². The fraction of sp³-hybridized carbons (Fsp3) is 0.154. The van der Waals surface area contributed by atoms with Crippen LogP contribution in [-0.2, 0) is 13.6 Å². The normalized spacial score (nSPS) is 11.4. The summed E-state index contributed by atoms with van der Waals surface area (Å²) in [6.45, 7) is 4.25. The van der Waals surface area contributed by atoms with Gasteiger partial charge in [0.1, 0.15) is 0 Å². The predicted octanol–water partition coefficient (Wildman–Crippen LogP) is 6.37. The topological polar surface area (TPSA) is 61.3 Å². The van der Waals surface area contributed by atoms with Crippen LogP contribution in [0.25, 0.3) is 33.8 Å². The van der Waals surface area contributed by atoms with E-state index in [2.05, 4.69) is 11.1 Å². The maximum Gasteiger partial charge on any atom is 0.361 e. The largest absolute Gasteiger partial charge is 0.361 e. The highest BCUT2D eigenvalue weighted by Gasteiger charge is 2.26. The summed E-state index contributed by atoms with van der Waals surface area (Å²) in [4.78, 5) is 9.33. The van der Waals surface area contributed by atoms with Crippen molar-refractivity contribution in [3.05, 3.63) is 91.1 Å². The molecular formula is C26H25N2O3P. The molecule has 0 aliphatic carbocycles. The van der Waals surface area contributed by atoms with Gasteiger partial charge in [-0.25, -0.2) is 4.98 Å². The quantitative estimate of drug-likeness (QED) is 0.296. The molecule has 0 atom stereocenters. The van der Waals surface area contributed by atoms with Crippen LogP contribution in [0, 0.1) is 0 Å². The molecule has 0 aliphatic heterocycles. The fourth-order valence-corrected chi connectivity index (χ4v) is 5.03. The molecule has 0 saturated carbocycles. The molecule has 4 aromatic rings. The molecule has 2 aromatic carbocycles. The van der Waals surface area contributed by atoms with Crippen molar-refractivity contribution in [1.82, 2.24) is 9.97 Å². The molecule has 32 heavy (non-hydrogen) atoms. The van der Waals surface area contributed by atoms with Gasteiger partial charge in [-0.15, -0.1) is 0 Å². The maximum atomic E-state index is 13.1. The number of rotatable bonds is 8. The second-order valence-electron chi connectivity index (χ2n) is 7.09. The van der Waals surface area contributed by atoms with Crippen LogP contribution in [0.1, 0.15) is 13.8 Å². The Kier molecular flexibility index (Phi) is 6.91. The molecule has 0 bridgehead atoms. The summed E-state index contributed by atoms with van der Waals surface area (Å²) in [5.74, 6) is 0. The second kappa shape index (κ2) is 10.0. The van der Waals surface area contributed by atoms with E-state index < -0.39 is 7.60 Å². The summed E-state index contributed by atoms with van der Waals surface area (Å²) in [6.07, 6.45) is 1.76. The van der Waals surface area contributed by atoms with Crippen molar-refractivity contribution in [1.29, 1.82) is 0 Å². The van der Waals surface area contributed by atoms with Gasteiger partial charge in [0.2, 0.25) is 0 Å². The highest BCUT2D eigenvalue weighted by molar-refractivity contribution is 7.62. The summed E-state index contributed by atoms with van der Waals surface area (Å²) in [5, 5.41) is 0.548. The summed E-state index contributed by atoms with van der Waals surface area (Å²) in [6, 6.07) is 27.4. The first-order chi connectivity index (χ1) is 15.6. The predicted molar refractivity (Wildman–Crippen MR) is 129 cm³/mol. The highest BCUT2D eigenvalue weighted by Crippen LogP contribution is 2.47. The fourth-order valence-electron chi connectivity index (χ4n) is 3.46. The molecule has 0 N–H and O–H groups in total. The summed E-state index contributed by atoms with van der Waals surface area (Å²) in [5.41, 5.74) is 5.46. The molecule has 0 amide bonds. The van der Waals surface area contributed by atoms with Crippen molar-refractivity contribution < 1.29 is 13.6 Å². The second-order valence-corrected chi connectivity index (χ2v) is 9.11. The van der Waals surface area contributed by atoms with Gasteiger partial charge in [-0.2, -0.15) is 0 Å². The van der Waals surface area contributed by atoms with Crippen LogP contribution in [-0.4, -0.2) is 23.2 Å². The van der Waals surface area contributed by atoms with Crippen LogP contribution < -0.4 is 5.30 Å². The lowest BCUT2D eigenvalue weighted by Gasteiger charge is -2.17. The van der Waals surface area contributed by atoms with E-state index in [0.29, 0.717) is 18.5 Å². The molecule has 5 nitrogen and oxygen atoms in total. The first-order valence-corrected chi connectivity index (χ1v) is 12.2.